The Morgan fingerprint density at radius 2 is 1.67 bits per heavy atom. The molecule has 1 saturated heterocycles. The zero-order valence-electron chi connectivity index (χ0n) is 25.1. The van der Waals surface area contributed by atoms with Crippen molar-refractivity contribution >= 4 is 45.8 Å². The summed E-state index contributed by atoms with van der Waals surface area (Å²) in [6, 6.07) is 18.8. The summed E-state index contributed by atoms with van der Waals surface area (Å²) in [5, 5.41) is 6.68. The fourth-order valence-electron chi connectivity index (χ4n) is 6.06. The second-order valence-electron chi connectivity index (χ2n) is 11.6. The van der Waals surface area contributed by atoms with E-state index in [-0.39, 0.29) is 23.9 Å². The highest BCUT2D eigenvalue weighted by Gasteiger charge is 2.39. The molecule has 0 radical (unpaired) electrons. The summed E-state index contributed by atoms with van der Waals surface area (Å²) in [4.78, 5) is 31.7. The quantitative estimate of drug-likeness (QED) is 0.214. The van der Waals surface area contributed by atoms with Crippen LogP contribution in [-0.4, -0.2) is 72.5 Å². The van der Waals surface area contributed by atoms with Crippen LogP contribution in [0.1, 0.15) is 50.2 Å². The molecule has 3 aromatic carbocycles. The Balaban J connectivity index is 1.51. The van der Waals surface area contributed by atoms with Gasteiger partial charge in [0.2, 0.25) is 11.8 Å². The van der Waals surface area contributed by atoms with Crippen LogP contribution in [0.4, 0.5) is 0 Å². The second-order valence-corrected chi connectivity index (χ2v) is 12.4. The average Bonchev–Trinajstić information content (AvgIpc) is 3.00. The largest absolute Gasteiger partial charge is 0.336 e. The zero-order chi connectivity index (χ0) is 30.8. The SMILES string of the molecule is CCC[C@@H]1CN(C(=O)[C@H](N)Cc2ccc(Cl)cc2Cl)C(CCCCNCCN)CN1C(=O)Cc1ccc2ccccc2c1. The number of amides is 2. The summed E-state index contributed by atoms with van der Waals surface area (Å²) in [7, 11) is 0. The molecule has 43 heavy (non-hydrogen) atoms. The molecule has 7 nitrogen and oxygen atoms in total. The molecule has 0 saturated carbocycles. The van der Waals surface area contributed by atoms with Crippen LogP contribution < -0.4 is 16.8 Å². The molecule has 2 amide bonds. The van der Waals surface area contributed by atoms with Gasteiger partial charge in [0.25, 0.3) is 0 Å². The summed E-state index contributed by atoms with van der Waals surface area (Å²) in [6.45, 7) is 5.36. The molecule has 4 rings (SSSR count). The van der Waals surface area contributed by atoms with Gasteiger partial charge in [0.15, 0.2) is 0 Å². The van der Waals surface area contributed by atoms with E-state index in [1.807, 2.05) is 34.1 Å². The molecule has 5 N–H and O–H groups in total. The van der Waals surface area contributed by atoms with Crippen LogP contribution in [0.15, 0.2) is 60.7 Å². The van der Waals surface area contributed by atoms with Gasteiger partial charge < -0.3 is 26.6 Å². The van der Waals surface area contributed by atoms with Crippen LogP contribution in [0.5, 0.6) is 0 Å². The first-order valence-electron chi connectivity index (χ1n) is 15.5. The first-order valence-corrected chi connectivity index (χ1v) is 16.2. The first kappa shape index (κ1) is 33.2. The molecular formula is C34H45Cl2N5O2. The highest BCUT2D eigenvalue weighted by Crippen LogP contribution is 2.27. The van der Waals surface area contributed by atoms with Gasteiger partial charge >= 0.3 is 0 Å². The van der Waals surface area contributed by atoms with E-state index in [2.05, 4.69) is 36.5 Å². The number of benzene rings is 3. The van der Waals surface area contributed by atoms with E-state index in [0.29, 0.717) is 42.5 Å². The number of nitrogens with two attached hydrogens (primary N) is 2. The van der Waals surface area contributed by atoms with Crippen LogP contribution in [0, 0.1) is 0 Å². The smallest absolute Gasteiger partial charge is 0.240 e. The average molecular weight is 627 g/mol. The molecule has 1 unspecified atom stereocenters. The van der Waals surface area contributed by atoms with E-state index in [4.69, 9.17) is 34.7 Å². The summed E-state index contributed by atoms with van der Waals surface area (Å²) in [5.74, 6) is 0.00712. The third-order valence-electron chi connectivity index (χ3n) is 8.33. The van der Waals surface area contributed by atoms with E-state index < -0.39 is 6.04 Å². The monoisotopic (exact) mass is 625 g/mol. The second kappa shape index (κ2) is 16.4. The summed E-state index contributed by atoms with van der Waals surface area (Å²) >= 11 is 12.5. The van der Waals surface area contributed by atoms with E-state index in [0.717, 1.165) is 67.1 Å². The Labute approximate surface area is 265 Å². The van der Waals surface area contributed by atoms with Gasteiger partial charge in [0.05, 0.1) is 12.5 Å². The third kappa shape index (κ3) is 9.16. The number of halogens is 2. The minimum absolute atomic E-state index is 0.0595. The Morgan fingerprint density at radius 1 is 0.930 bits per heavy atom. The Hall–Kier alpha value is -2.68. The minimum atomic E-state index is -0.741. The van der Waals surface area contributed by atoms with Gasteiger partial charge in [-0.1, -0.05) is 91.5 Å². The lowest BCUT2D eigenvalue weighted by atomic mass is 9.95. The van der Waals surface area contributed by atoms with Gasteiger partial charge in [-0.25, -0.2) is 0 Å². The molecular weight excluding hydrogens is 581 g/mol. The van der Waals surface area contributed by atoms with Crippen molar-refractivity contribution < 1.29 is 9.59 Å². The number of nitrogens with zero attached hydrogens (tertiary/aromatic N) is 2. The van der Waals surface area contributed by atoms with Crippen LogP contribution in [0.25, 0.3) is 10.8 Å². The number of carbonyl (C=O) groups excluding carboxylic acids is 2. The molecule has 9 heteroatoms. The molecule has 1 aliphatic rings. The molecule has 232 valence electrons. The normalized spacial score (nSPS) is 17.8. The van der Waals surface area contributed by atoms with Crippen LogP contribution in [0.2, 0.25) is 10.0 Å². The summed E-state index contributed by atoms with van der Waals surface area (Å²) in [5.41, 5.74) is 13.9. The fraction of sp³-hybridized carbons (Fsp3) is 0.471. The molecule has 0 aromatic heterocycles. The lowest BCUT2D eigenvalue weighted by molar-refractivity contribution is -0.148. The maximum Gasteiger partial charge on any atom is 0.240 e. The van der Waals surface area contributed by atoms with Crippen molar-refractivity contribution in [2.45, 2.75) is 70.0 Å². The summed E-state index contributed by atoms with van der Waals surface area (Å²) in [6.07, 6.45) is 5.08. The number of unbranched alkanes of at least 4 members (excludes halogenated alkanes) is 1. The number of nitrogens with one attached hydrogen (secondary N) is 1. The highest BCUT2D eigenvalue weighted by atomic mass is 35.5. The number of rotatable bonds is 14. The zero-order valence-corrected chi connectivity index (χ0v) is 26.6. The molecule has 3 atom stereocenters. The standard InChI is InChI=1S/C34H45Cl2N5O2/c1-2-7-29-23-41(34(43)32(38)20-27-13-14-28(35)21-31(27)36)30(10-5-6-16-39-17-15-37)22-40(29)33(42)19-24-11-12-25-8-3-4-9-26(25)18-24/h3-4,8-9,11-14,18,21,29-30,32,39H,2,5-7,10,15-17,19-20,22-23,37-38H2,1H3/t29-,30?,32-/m1/s1. The number of piperazine rings is 1. The van der Waals surface area contributed by atoms with Crippen molar-refractivity contribution in [2.24, 2.45) is 11.5 Å². The molecule has 0 aliphatic carbocycles. The summed E-state index contributed by atoms with van der Waals surface area (Å²) < 4.78 is 0. The van der Waals surface area contributed by atoms with Gasteiger partial charge in [-0.2, -0.15) is 0 Å². The predicted octanol–water partition coefficient (Wildman–Crippen LogP) is 5.19. The molecule has 0 bridgehead atoms. The van der Waals surface area contributed by atoms with Crippen LogP contribution in [-0.2, 0) is 22.4 Å². The van der Waals surface area contributed by atoms with Crippen molar-refractivity contribution in [3.05, 3.63) is 81.8 Å². The molecule has 1 heterocycles. The van der Waals surface area contributed by atoms with Gasteiger partial charge in [-0.15, -0.1) is 0 Å². The number of fused-ring (bicyclic) bond motifs is 1. The molecule has 3 aromatic rings. The van der Waals surface area contributed by atoms with Crippen molar-refractivity contribution in [3.8, 4) is 0 Å². The van der Waals surface area contributed by atoms with E-state index >= 15 is 0 Å². The maximum absolute atomic E-state index is 13.9. The number of carbonyl (C=O) groups is 2. The third-order valence-corrected chi connectivity index (χ3v) is 8.91. The van der Waals surface area contributed by atoms with Crippen molar-refractivity contribution in [3.63, 3.8) is 0 Å². The van der Waals surface area contributed by atoms with E-state index in [1.165, 1.54) is 0 Å². The van der Waals surface area contributed by atoms with Crippen molar-refractivity contribution in [1.82, 2.24) is 15.1 Å². The van der Waals surface area contributed by atoms with Crippen molar-refractivity contribution in [2.75, 3.05) is 32.7 Å². The van der Waals surface area contributed by atoms with Crippen molar-refractivity contribution in [1.29, 1.82) is 0 Å². The Kier molecular flexibility index (Phi) is 12.7. The number of hydrogen-bond acceptors (Lipinski definition) is 5. The van der Waals surface area contributed by atoms with Crippen LogP contribution in [0.3, 0.4) is 0 Å². The predicted molar refractivity (Wildman–Crippen MR) is 177 cm³/mol. The molecule has 0 spiro atoms. The highest BCUT2D eigenvalue weighted by molar-refractivity contribution is 6.35. The first-order chi connectivity index (χ1) is 20.8. The molecule has 1 fully saturated rings. The topological polar surface area (TPSA) is 105 Å². The minimum Gasteiger partial charge on any atom is -0.336 e. The van der Waals surface area contributed by atoms with Gasteiger partial charge in [0.1, 0.15) is 0 Å². The van der Waals surface area contributed by atoms with Crippen LogP contribution >= 0.6 is 23.2 Å². The van der Waals surface area contributed by atoms with Gasteiger partial charge in [-0.3, -0.25) is 9.59 Å². The molecule has 1 aliphatic heterocycles. The Bertz CT molecular complexity index is 1370. The van der Waals surface area contributed by atoms with Gasteiger partial charge in [-0.05, 0) is 66.3 Å². The number of hydrogen-bond donors (Lipinski definition) is 3. The Morgan fingerprint density at radius 3 is 2.42 bits per heavy atom. The lowest BCUT2D eigenvalue weighted by Gasteiger charge is -2.47. The fourth-order valence-corrected chi connectivity index (χ4v) is 6.54. The lowest BCUT2D eigenvalue weighted by Crippen LogP contribution is -2.63. The van der Waals surface area contributed by atoms with Gasteiger partial charge in [0, 0.05) is 48.3 Å². The van der Waals surface area contributed by atoms with E-state index in [1.54, 1.807) is 12.1 Å². The van der Waals surface area contributed by atoms with E-state index in [9.17, 15) is 9.59 Å². The maximum atomic E-state index is 13.9.